The van der Waals surface area contributed by atoms with Gasteiger partial charge >= 0.3 is 0 Å². The van der Waals surface area contributed by atoms with E-state index < -0.39 is 34.3 Å². The summed E-state index contributed by atoms with van der Waals surface area (Å²) >= 11 is 0. The van der Waals surface area contributed by atoms with E-state index in [1.165, 1.54) is 29.2 Å². The van der Waals surface area contributed by atoms with E-state index in [4.69, 9.17) is 0 Å². The van der Waals surface area contributed by atoms with Crippen molar-refractivity contribution in [1.29, 1.82) is 0 Å². The molecule has 0 aliphatic carbocycles. The highest BCUT2D eigenvalue weighted by Crippen LogP contribution is 2.25. The van der Waals surface area contributed by atoms with Crippen LogP contribution in [0.4, 0.5) is 10.1 Å². The number of hydrogen-bond acceptors (Lipinski definition) is 4. The summed E-state index contributed by atoms with van der Waals surface area (Å²) in [7, 11) is -4.19. The first-order valence-corrected chi connectivity index (χ1v) is 13.4. The molecular formula is C28H32FN3O4S. The van der Waals surface area contributed by atoms with Gasteiger partial charge < -0.3 is 10.2 Å². The van der Waals surface area contributed by atoms with Gasteiger partial charge in [0.2, 0.25) is 11.8 Å². The van der Waals surface area contributed by atoms with E-state index in [9.17, 15) is 22.4 Å². The lowest BCUT2D eigenvalue weighted by Crippen LogP contribution is -2.51. The van der Waals surface area contributed by atoms with E-state index in [1.807, 2.05) is 38.1 Å². The molecule has 3 rings (SSSR count). The Kier molecular flexibility index (Phi) is 9.04. The van der Waals surface area contributed by atoms with Gasteiger partial charge in [0.1, 0.15) is 18.4 Å². The van der Waals surface area contributed by atoms with Crippen molar-refractivity contribution in [3.63, 3.8) is 0 Å². The van der Waals surface area contributed by atoms with Crippen molar-refractivity contribution in [2.45, 2.75) is 45.2 Å². The molecule has 9 heteroatoms. The van der Waals surface area contributed by atoms with Gasteiger partial charge in [0, 0.05) is 13.1 Å². The monoisotopic (exact) mass is 525 g/mol. The molecule has 0 aliphatic heterocycles. The SMILES string of the molecule is CCNC(=O)[C@@H](C)N(Cc1cccc(C)c1)C(=O)CN(c1ccc(F)cc1)S(=O)(=O)c1ccc(C)cc1. The standard InChI is InChI=1S/C28H32FN3O4S/c1-5-30-28(34)22(4)31(18-23-8-6-7-21(3)17-23)27(33)19-32(25-13-11-24(29)12-14-25)37(35,36)26-15-9-20(2)10-16-26/h6-17,22H,5,18-19H2,1-4H3,(H,30,34)/t22-/m1/s1. The fourth-order valence-corrected chi connectivity index (χ4v) is 5.30. The lowest BCUT2D eigenvalue weighted by atomic mass is 10.1. The fourth-order valence-electron chi connectivity index (χ4n) is 3.89. The maximum Gasteiger partial charge on any atom is 0.264 e. The van der Waals surface area contributed by atoms with Crippen LogP contribution in [0.1, 0.15) is 30.5 Å². The van der Waals surface area contributed by atoms with Gasteiger partial charge in [-0.25, -0.2) is 12.8 Å². The lowest BCUT2D eigenvalue weighted by molar-refractivity contribution is -0.139. The smallest absolute Gasteiger partial charge is 0.264 e. The molecular weight excluding hydrogens is 493 g/mol. The maximum absolute atomic E-state index is 13.7. The van der Waals surface area contributed by atoms with Crippen molar-refractivity contribution in [2.24, 2.45) is 0 Å². The van der Waals surface area contributed by atoms with Crippen LogP contribution >= 0.6 is 0 Å². The zero-order valence-corrected chi connectivity index (χ0v) is 22.3. The molecule has 0 bridgehead atoms. The Labute approximate surface area is 218 Å². The van der Waals surface area contributed by atoms with Crippen molar-refractivity contribution in [1.82, 2.24) is 10.2 Å². The minimum absolute atomic E-state index is 0.00256. The zero-order chi connectivity index (χ0) is 27.2. The van der Waals surface area contributed by atoms with Gasteiger partial charge in [-0.3, -0.25) is 13.9 Å². The first-order valence-electron chi connectivity index (χ1n) is 12.0. The molecule has 0 unspecified atom stereocenters. The molecule has 3 aromatic carbocycles. The van der Waals surface area contributed by atoms with Crippen LogP contribution in [-0.4, -0.2) is 44.3 Å². The summed E-state index contributed by atoms with van der Waals surface area (Å²) in [5.41, 5.74) is 2.81. The Morgan fingerprint density at radius 1 is 0.946 bits per heavy atom. The average Bonchev–Trinajstić information content (AvgIpc) is 2.86. The summed E-state index contributed by atoms with van der Waals surface area (Å²) in [6.45, 7) is 7.07. The Hall–Kier alpha value is -3.72. The van der Waals surface area contributed by atoms with Gasteiger partial charge in [-0.15, -0.1) is 0 Å². The highest BCUT2D eigenvalue weighted by atomic mass is 32.2. The van der Waals surface area contributed by atoms with E-state index in [2.05, 4.69) is 5.32 Å². The third-order valence-electron chi connectivity index (χ3n) is 5.96. The third kappa shape index (κ3) is 6.95. The molecule has 0 heterocycles. The largest absolute Gasteiger partial charge is 0.355 e. The number of nitrogens with one attached hydrogen (secondary N) is 1. The van der Waals surface area contributed by atoms with E-state index in [-0.39, 0.29) is 23.0 Å². The van der Waals surface area contributed by atoms with E-state index in [0.717, 1.165) is 33.1 Å². The second-order valence-corrected chi connectivity index (χ2v) is 10.7. The number of nitrogens with zero attached hydrogens (tertiary/aromatic N) is 2. The summed E-state index contributed by atoms with van der Waals surface area (Å²) < 4.78 is 42.0. The number of hydrogen-bond donors (Lipinski definition) is 1. The molecule has 0 spiro atoms. The number of benzene rings is 3. The lowest BCUT2D eigenvalue weighted by Gasteiger charge is -2.32. The molecule has 0 saturated carbocycles. The highest BCUT2D eigenvalue weighted by Gasteiger charge is 2.32. The first-order chi connectivity index (χ1) is 17.5. The molecule has 1 N–H and O–H groups in total. The number of carbonyl (C=O) groups excluding carboxylic acids is 2. The second-order valence-electron chi connectivity index (χ2n) is 8.88. The van der Waals surface area contributed by atoms with Crippen LogP contribution in [0, 0.1) is 19.7 Å². The number of anilines is 1. The average molecular weight is 526 g/mol. The third-order valence-corrected chi connectivity index (χ3v) is 7.74. The van der Waals surface area contributed by atoms with Gasteiger partial charge in [-0.1, -0.05) is 47.5 Å². The highest BCUT2D eigenvalue weighted by molar-refractivity contribution is 7.92. The number of amides is 2. The summed E-state index contributed by atoms with van der Waals surface area (Å²) in [5, 5.41) is 2.72. The first kappa shape index (κ1) is 27.9. The van der Waals surface area contributed by atoms with Crippen molar-refractivity contribution in [3.05, 3.63) is 95.3 Å². The van der Waals surface area contributed by atoms with E-state index in [1.54, 1.807) is 26.0 Å². The molecule has 0 aliphatic rings. The Morgan fingerprint density at radius 2 is 1.59 bits per heavy atom. The van der Waals surface area contributed by atoms with Gasteiger partial charge in [0.25, 0.3) is 10.0 Å². The predicted octanol–water partition coefficient (Wildman–Crippen LogP) is 4.19. The van der Waals surface area contributed by atoms with E-state index in [0.29, 0.717) is 6.54 Å². The fraction of sp³-hybridized carbons (Fsp3) is 0.286. The maximum atomic E-state index is 13.7. The van der Waals surface area contributed by atoms with E-state index >= 15 is 0 Å². The number of sulfonamides is 1. The second kappa shape index (κ2) is 12.0. The minimum Gasteiger partial charge on any atom is -0.355 e. The topological polar surface area (TPSA) is 86.8 Å². The van der Waals surface area contributed by atoms with Gasteiger partial charge in [-0.2, -0.15) is 0 Å². The Morgan fingerprint density at radius 3 is 2.19 bits per heavy atom. The van der Waals surface area contributed by atoms with Crippen LogP contribution in [0.25, 0.3) is 0 Å². The van der Waals surface area contributed by atoms with Gasteiger partial charge in [0.15, 0.2) is 0 Å². The van der Waals surface area contributed by atoms with Crippen LogP contribution in [0.5, 0.6) is 0 Å². The number of likely N-dealkylation sites (N-methyl/N-ethyl adjacent to an activating group) is 1. The molecule has 0 aromatic heterocycles. The molecule has 0 radical (unpaired) electrons. The predicted molar refractivity (Wildman–Crippen MR) is 142 cm³/mol. The molecule has 1 atom stereocenters. The molecule has 0 saturated heterocycles. The molecule has 7 nitrogen and oxygen atoms in total. The Bertz CT molecular complexity index is 1340. The van der Waals surface area contributed by atoms with Crippen LogP contribution in [-0.2, 0) is 26.2 Å². The molecule has 196 valence electrons. The summed E-state index contributed by atoms with van der Waals surface area (Å²) in [5.74, 6) is -1.45. The van der Waals surface area contributed by atoms with Crippen molar-refractivity contribution >= 4 is 27.5 Å². The number of carbonyl (C=O) groups is 2. The van der Waals surface area contributed by atoms with Crippen molar-refractivity contribution in [3.8, 4) is 0 Å². The van der Waals surface area contributed by atoms with Crippen molar-refractivity contribution < 1.29 is 22.4 Å². The number of rotatable bonds is 10. The van der Waals surface area contributed by atoms with Crippen molar-refractivity contribution in [2.75, 3.05) is 17.4 Å². The quantitative estimate of drug-likeness (QED) is 0.430. The van der Waals surface area contributed by atoms with Crippen LogP contribution < -0.4 is 9.62 Å². The summed E-state index contributed by atoms with van der Waals surface area (Å²) in [6, 6.07) is 17.8. The molecule has 37 heavy (non-hydrogen) atoms. The van der Waals surface area contributed by atoms with Crippen LogP contribution in [0.2, 0.25) is 0 Å². The molecule has 0 fully saturated rings. The molecule has 3 aromatic rings. The van der Waals surface area contributed by atoms with Gasteiger partial charge in [-0.05, 0) is 69.7 Å². The van der Waals surface area contributed by atoms with Crippen LogP contribution in [0.15, 0.2) is 77.7 Å². The summed E-state index contributed by atoms with van der Waals surface area (Å²) in [4.78, 5) is 27.8. The Balaban J connectivity index is 2.02. The number of aryl methyl sites for hydroxylation is 2. The minimum atomic E-state index is -4.19. The van der Waals surface area contributed by atoms with Crippen LogP contribution in [0.3, 0.4) is 0 Å². The zero-order valence-electron chi connectivity index (χ0n) is 21.4. The van der Waals surface area contributed by atoms with Gasteiger partial charge in [0.05, 0.1) is 10.6 Å². The molecule has 2 amide bonds. The normalized spacial score (nSPS) is 12.0. The number of halogens is 1. The summed E-state index contributed by atoms with van der Waals surface area (Å²) in [6.07, 6.45) is 0.